The van der Waals surface area contributed by atoms with Crippen LogP contribution < -0.4 is 9.64 Å². The molecule has 1 aliphatic heterocycles. The molecule has 2 aromatic heterocycles. The molecule has 1 saturated heterocycles. The first-order valence-electron chi connectivity index (χ1n) is 12.5. The van der Waals surface area contributed by atoms with Gasteiger partial charge in [-0.25, -0.2) is 4.98 Å². The van der Waals surface area contributed by atoms with Crippen molar-refractivity contribution in [2.75, 3.05) is 4.90 Å². The Hall–Kier alpha value is -5.11. The SMILES string of the molecule is Cc1ccc2nc(N3C(=O)C(=O)/C(=C(/O)c4ccc(OCc5ccccc5)c(C)c4)C3c3ccco3)[nH]c2c1. The van der Waals surface area contributed by atoms with Crippen LogP contribution in [0.15, 0.2) is 95.1 Å². The number of fused-ring (bicyclic) bond motifs is 1. The highest BCUT2D eigenvalue weighted by Gasteiger charge is 2.49. The van der Waals surface area contributed by atoms with Crippen LogP contribution in [0.2, 0.25) is 0 Å². The van der Waals surface area contributed by atoms with Crippen molar-refractivity contribution >= 4 is 34.4 Å². The molecule has 8 heteroatoms. The highest BCUT2D eigenvalue weighted by molar-refractivity contribution is 6.51. The first-order valence-corrected chi connectivity index (χ1v) is 12.5. The number of aliphatic hydroxyl groups excluding tert-OH is 1. The Labute approximate surface area is 224 Å². The van der Waals surface area contributed by atoms with Crippen molar-refractivity contribution in [1.29, 1.82) is 0 Å². The minimum absolute atomic E-state index is 0.0797. The molecular weight excluding hydrogens is 494 g/mol. The molecule has 0 bridgehead atoms. The maximum Gasteiger partial charge on any atom is 0.302 e. The van der Waals surface area contributed by atoms with Crippen LogP contribution in [-0.4, -0.2) is 26.8 Å². The Balaban J connectivity index is 1.39. The number of carbonyl (C=O) groups excluding carboxylic acids is 2. The number of ketones is 1. The zero-order valence-electron chi connectivity index (χ0n) is 21.3. The van der Waals surface area contributed by atoms with E-state index < -0.39 is 17.7 Å². The maximum absolute atomic E-state index is 13.4. The summed E-state index contributed by atoms with van der Waals surface area (Å²) in [5.41, 5.74) is 4.51. The number of aliphatic hydroxyl groups is 1. The summed E-state index contributed by atoms with van der Waals surface area (Å²) in [4.78, 5) is 35.7. The molecule has 2 N–H and O–H groups in total. The molecule has 0 aliphatic carbocycles. The van der Waals surface area contributed by atoms with Gasteiger partial charge in [-0.3, -0.25) is 14.5 Å². The summed E-state index contributed by atoms with van der Waals surface area (Å²) in [5, 5.41) is 11.4. The molecular formula is C31H25N3O5. The normalized spacial score (nSPS) is 16.8. The van der Waals surface area contributed by atoms with Crippen LogP contribution in [0.4, 0.5) is 5.95 Å². The number of furan rings is 1. The minimum atomic E-state index is -1.00. The fourth-order valence-electron chi connectivity index (χ4n) is 4.84. The van der Waals surface area contributed by atoms with Gasteiger partial charge in [0.25, 0.3) is 5.78 Å². The number of amides is 1. The van der Waals surface area contributed by atoms with Gasteiger partial charge in [0.05, 0.1) is 22.9 Å². The summed E-state index contributed by atoms with van der Waals surface area (Å²) in [7, 11) is 0. The molecule has 5 aromatic rings. The van der Waals surface area contributed by atoms with Gasteiger partial charge in [0.15, 0.2) is 0 Å². The van der Waals surface area contributed by atoms with Crippen LogP contribution in [0.1, 0.15) is 34.1 Å². The van der Waals surface area contributed by atoms with Crippen LogP contribution in [0, 0.1) is 13.8 Å². The molecule has 0 radical (unpaired) electrons. The van der Waals surface area contributed by atoms with E-state index in [2.05, 4.69) is 9.97 Å². The summed E-state index contributed by atoms with van der Waals surface area (Å²) in [6.07, 6.45) is 1.46. The average molecular weight is 520 g/mol. The fourth-order valence-corrected chi connectivity index (χ4v) is 4.84. The number of Topliss-reactive ketones (excluding diaryl/α,β-unsaturated/α-hetero) is 1. The number of aryl methyl sites for hydroxylation is 2. The Kier molecular flexibility index (Phi) is 5.99. The summed E-state index contributed by atoms with van der Waals surface area (Å²) in [5.74, 6) is -0.773. The highest BCUT2D eigenvalue weighted by atomic mass is 16.5. The third-order valence-electron chi connectivity index (χ3n) is 6.80. The monoisotopic (exact) mass is 519 g/mol. The summed E-state index contributed by atoms with van der Waals surface area (Å²) >= 11 is 0. The van der Waals surface area contributed by atoms with Gasteiger partial charge in [0.1, 0.15) is 29.9 Å². The van der Waals surface area contributed by atoms with E-state index in [-0.39, 0.29) is 17.3 Å². The quantitative estimate of drug-likeness (QED) is 0.162. The number of anilines is 1. The van der Waals surface area contributed by atoms with Gasteiger partial charge in [-0.05, 0) is 73.0 Å². The van der Waals surface area contributed by atoms with E-state index in [1.54, 1.807) is 30.3 Å². The van der Waals surface area contributed by atoms with Crippen LogP contribution in [-0.2, 0) is 16.2 Å². The number of hydrogen-bond acceptors (Lipinski definition) is 6. The van der Waals surface area contributed by atoms with E-state index in [1.807, 2.05) is 62.4 Å². The fraction of sp³-hybridized carbons (Fsp3) is 0.129. The lowest BCUT2D eigenvalue weighted by atomic mass is 9.98. The number of nitrogens with zero attached hydrogens (tertiary/aromatic N) is 2. The Bertz CT molecular complexity index is 1730. The van der Waals surface area contributed by atoms with Gasteiger partial charge in [-0.15, -0.1) is 0 Å². The molecule has 1 aliphatic rings. The van der Waals surface area contributed by atoms with Crippen LogP contribution in [0.3, 0.4) is 0 Å². The van der Waals surface area contributed by atoms with Crippen LogP contribution >= 0.6 is 0 Å². The second-order valence-electron chi connectivity index (χ2n) is 9.52. The molecule has 39 heavy (non-hydrogen) atoms. The van der Waals surface area contributed by atoms with Crippen molar-refractivity contribution in [3.8, 4) is 5.75 Å². The van der Waals surface area contributed by atoms with Crippen LogP contribution in [0.25, 0.3) is 16.8 Å². The molecule has 3 aromatic carbocycles. The third-order valence-corrected chi connectivity index (χ3v) is 6.80. The van der Waals surface area contributed by atoms with Crippen molar-refractivity contribution in [2.24, 2.45) is 0 Å². The zero-order chi connectivity index (χ0) is 27.1. The van der Waals surface area contributed by atoms with E-state index in [4.69, 9.17) is 9.15 Å². The van der Waals surface area contributed by atoms with E-state index in [1.165, 1.54) is 11.2 Å². The number of aromatic amines is 1. The number of carbonyl (C=O) groups is 2. The minimum Gasteiger partial charge on any atom is -0.507 e. The molecule has 8 nitrogen and oxygen atoms in total. The number of benzene rings is 3. The largest absolute Gasteiger partial charge is 0.507 e. The maximum atomic E-state index is 13.4. The summed E-state index contributed by atoms with van der Waals surface area (Å²) in [6, 6.07) is 22.9. The number of aromatic nitrogens is 2. The first kappa shape index (κ1) is 24.2. The number of imidazole rings is 1. The van der Waals surface area contributed by atoms with Gasteiger partial charge in [0.2, 0.25) is 5.95 Å². The molecule has 0 saturated carbocycles. The molecule has 0 spiro atoms. The zero-order valence-corrected chi connectivity index (χ0v) is 21.3. The van der Waals surface area contributed by atoms with Gasteiger partial charge >= 0.3 is 5.91 Å². The highest BCUT2D eigenvalue weighted by Crippen LogP contribution is 2.42. The number of hydrogen-bond donors (Lipinski definition) is 2. The molecule has 194 valence electrons. The van der Waals surface area contributed by atoms with Crippen molar-refractivity contribution < 1.29 is 23.8 Å². The summed E-state index contributed by atoms with van der Waals surface area (Å²) < 4.78 is 11.6. The third kappa shape index (κ3) is 4.35. The average Bonchev–Trinajstić information content (AvgIpc) is 3.67. The molecule has 6 rings (SSSR count). The van der Waals surface area contributed by atoms with Crippen LogP contribution in [0.5, 0.6) is 5.75 Å². The standard InChI is InChI=1S/C31H25N3O5/c1-18-10-12-22-23(15-18)33-31(32-22)34-27(25-9-6-14-38-25)26(29(36)30(34)37)28(35)21-11-13-24(19(2)16-21)39-17-20-7-4-3-5-8-20/h3-16,27,35H,17H2,1-2H3,(H,32,33)/b28-26+. The topological polar surface area (TPSA) is 109 Å². The van der Waals surface area contributed by atoms with E-state index in [9.17, 15) is 14.7 Å². The Morgan fingerprint density at radius 2 is 1.85 bits per heavy atom. The van der Waals surface area contributed by atoms with Gasteiger partial charge in [-0.2, -0.15) is 0 Å². The van der Waals surface area contributed by atoms with E-state index in [0.29, 0.717) is 29.2 Å². The van der Waals surface area contributed by atoms with Gasteiger partial charge in [0, 0.05) is 5.56 Å². The van der Waals surface area contributed by atoms with Crippen molar-refractivity contribution in [2.45, 2.75) is 26.5 Å². The molecule has 3 heterocycles. The van der Waals surface area contributed by atoms with Crippen molar-refractivity contribution in [3.63, 3.8) is 0 Å². The predicted octanol–water partition coefficient (Wildman–Crippen LogP) is 5.98. The number of ether oxygens (including phenoxy) is 1. The molecule has 1 amide bonds. The summed E-state index contributed by atoms with van der Waals surface area (Å²) in [6.45, 7) is 4.21. The van der Waals surface area contributed by atoms with E-state index in [0.717, 1.165) is 22.2 Å². The predicted molar refractivity (Wildman–Crippen MR) is 146 cm³/mol. The lowest BCUT2D eigenvalue weighted by Gasteiger charge is -2.20. The lowest BCUT2D eigenvalue weighted by Crippen LogP contribution is -2.30. The number of rotatable bonds is 6. The van der Waals surface area contributed by atoms with E-state index >= 15 is 0 Å². The second kappa shape index (κ2) is 9.64. The van der Waals surface area contributed by atoms with Gasteiger partial charge in [-0.1, -0.05) is 36.4 Å². The second-order valence-corrected chi connectivity index (χ2v) is 9.52. The molecule has 1 atom stereocenters. The smallest absolute Gasteiger partial charge is 0.302 e. The lowest BCUT2D eigenvalue weighted by molar-refractivity contribution is -0.132. The van der Waals surface area contributed by atoms with Crippen molar-refractivity contribution in [1.82, 2.24) is 9.97 Å². The van der Waals surface area contributed by atoms with Crippen molar-refractivity contribution in [3.05, 3.63) is 119 Å². The first-order chi connectivity index (χ1) is 18.9. The molecule has 1 unspecified atom stereocenters. The Morgan fingerprint density at radius 1 is 1.03 bits per heavy atom. The number of H-pyrrole nitrogens is 1. The number of nitrogens with one attached hydrogen (secondary N) is 1. The van der Waals surface area contributed by atoms with Gasteiger partial charge < -0.3 is 19.2 Å². The molecule has 1 fully saturated rings. The Morgan fingerprint density at radius 3 is 2.59 bits per heavy atom.